The van der Waals surface area contributed by atoms with Gasteiger partial charge in [-0.2, -0.15) is 0 Å². The van der Waals surface area contributed by atoms with Crippen LogP contribution in [0.25, 0.3) is 11.0 Å². The van der Waals surface area contributed by atoms with E-state index in [-0.39, 0.29) is 11.2 Å². The van der Waals surface area contributed by atoms with Crippen molar-refractivity contribution in [1.29, 1.82) is 0 Å². The van der Waals surface area contributed by atoms with Gasteiger partial charge in [-0.25, -0.2) is 14.8 Å². The van der Waals surface area contributed by atoms with Crippen molar-refractivity contribution in [2.75, 3.05) is 0 Å². The second kappa shape index (κ2) is 6.13. The summed E-state index contributed by atoms with van der Waals surface area (Å²) in [5, 5.41) is 0.564. The number of aromatic amines is 1. The molecule has 0 amide bonds. The van der Waals surface area contributed by atoms with Crippen LogP contribution >= 0.6 is 11.8 Å². The lowest BCUT2D eigenvalue weighted by Gasteiger charge is -2.17. The zero-order valence-corrected chi connectivity index (χ0v) is 13.8. The van der Waals surface area contributed by atoms with E-state index in [0.717, 1.165) is 21.8 Å². The highest BCUT2D eigenvalue weighted by Gasteiger charge is 2.36. The van der Waals surface area contributed by atoms with Crippen molar-refractivity contribution in [3.8, 4) is 0 Å². The number of benzene rings is 2. The number of H-pyrrole nitrogens is 1. The molecule has 6 heteroatoms. The van der Waals surface area contributed by atoms with Gasteiger partial charge >= 0.3 is 5.97 Å². The fourth-order valence-electron chi connectivity index (χ4n) is 2.74. The average Bonchev–Trinajstić information content (AvgIpc) is 3.15. The number of thioether (sulfide) groups is 1. The van der Waals surface area contributed by atoms with Crippen molar-refractivity contribution < 1.29 is 9.53 Å². The Balaban J connectivity index is 1.71. The Morgan fingerprint density at radius 1 is 1.12 bits per heavy atom. The van der Waals surface area contributed by atoms with Gasteiger partial charge in [0.05, 0.1) is 16.3 Å². The summed E-state index contributed by atoms with van der Waals surface area (Å²) in [7, 11) is 0. The van der Waals surface area contributed by atoms with E-state index in [9.17, 15) is 4.79 Å². The van der Waals surface area contributed by atoms with Crippen LogP contribution in [0.1, 0.15) is 17.7 Å². The topological polar surface area (TPSA) is 67.3 Å². The van der Waals surface area contributed by atoms with Crippen molar-refractivity contribution >= 4 is 34.7 Å². The highest BCUT2D eigenvalue weighted by Crippen LogP contribution is 2.40. The number of hydrogen-bond donors (Lipinski definition) is 1. The highest BCUT2D eigenvalue weighted by atomic mass is 32.2. The molecule has 0 saturated carbocycles. The molecule has 1 aliphatic rings. The summed E-state index contributed by atoms with van der Waals surface area (Å²) in [6.07, 6.45) is 0. The van der Waals surface area contributed by atoms with Crippen molar-refractivity contribution in [1.82, 2.24) is 9.97 Å². The maximum absolute atomic E-state index is 12.2. The van der Waals surface area contributed by atoms with E-state index in [2.05, 4.69) is 15.0 Å². The molecule has 2 atom stereocenters. The van der Waals surface area contributed by atoms with E-state index in [0.29, 0.717) is 5.90 Å². The zero-order chi connectivity index (χ0) is 16.5. The van der Waals surface area contributed by atoms with E-state index in [4.69, 9.17) is 4.74 Å². The maximum atomic E-state index is 12.2. The van der Waals surface area contributed by atoms with Gasteiger partial charge in [0.15, 0.2) is 17.1 Å². The minimum absolute atomic E-state index is 0.197. The van der Waals surface area contributed by atoms with Gasteiger partial charge < -0.3 is 9.72 Å². The van der Waals surface area contributed by atoms with E-state index in [1.807, 2.05) is 54.6 Å². The molecule has 3 aromatic rings. The van der Waals surface area contributed by atoms with Crippen LogP contribution in [0, 0.1) is 0 Å². The number of rotatable bonds is 4. The molecule has 0 aliphatic carbocycles. The molecule has 24 heavy (non-hydrogen) atoms. The number of carbonyl (C=O) groups is 1. The zero-order valence-electron chi connectivity index (χ0n) is 13.0. The molecule has 0 saturated heterocycles. The second-order valence-electron chi connectivity index (χ2n) is 5.52. The van der Waals surface area contributed by atoms with Crippen LogP contribution in [0.2, 0.25) is 0 Å². The first kappa shape index (κ1) is 15.0. The van der Waals surface area contributed by atoms with Gasteiger partial charge in [-0.3, -0.25) is 0 Å². The first-order valence-corrected chi connectivity index (χ1v) is 8.51. The van der Waals surface area contributed by atoms with Crippen LogP contribution in [0.4, 0.5) is 0 Å². The van der Waals surface area contributed by atoms with Crippen LogP contribution in [0.15, 0.2) is 64.7 Å². The number of aromatic nitrogens is 2. The standard InChI is InChI=1S/C18H15N3O2S/c1-11-19-15(17(22)23-11)16(12-7-3-2-4-8-12)24-18-20-13-9-5-6-10-14(13)21-18/h2-10,15-16H,1H3,(H,20,21). The minimum Gasteiger partial charge on any atom is -0.411 e. The highest BCUT2D eigenvalue weighted by molar-refractivity contribution is 7.99. The molecule has 1 N–H and O–H groups in total. The van der Waals surface area contributed by atoms with E-state index in [1.54, 1.807) is 6.92 Å². The summed E-state index contributed by atoms with van der Waals surface area (Å²) in [5.41, 5.74) is 2.89. The van der Waals surface area contributed by atoms with Gasteiger partial charge in [-0.1, -0.05) is 54.2 Å². The molecule has 4 rings (SSSR count). The Labute approximate surface area is 143 Å². The van der Waals surface area contributed by atoms with Crippen LogP contribution in [0.3, 0.4) is 0 Å². The van der Waals surface area contributed by atoms with E-state index in [1.165, 1.54) is 11.8 Å². The molecule has 0 radical (unpaired) electrons. The smallest absolute Gasteiger partial charge is 0.338 e. The van der Waals surface area contributed by atoms with Crippen LogP contribution < -0.4 is 0 Å². The average molecular weight is 337 g/mol. The number of nitrogens with one attached hydrogen (secondary N) is 1. The number of fused-ring (bicyclic) bond motifs is 1. The maximum Gasteiger partial charge on any atom is 0.338 e. The molecular weight excluding hydrogens is 322 g/mol. The number of imidazole rings is 1. The summed E-state index contributed by atoms with van der Waals surface area (Å²) in [6.45, 7) is 1.70. The van der Waals surface area contributed by atoms with E-state index >= 15 is 0 Å². The molecule has 0 fully saturated rings. The monoisotopic (exact) mass is 337 g/mol. The number of cyclic esters (lactones) is 1. The lowest BCUT2D eigenvalue weighted by Crippen LogP contribution is -2.22. The fraction of sp³-hybridized carbons (Fsp3) is 0.167. The molecular formula is C18H15N3O2S. The Morgan fingerprint density at radius 2 is 1.88 bits per heavy atom. The van der Waals surface area contributed by atoms with Crippen LogP contribution in [-0.4, -0.2) is 27.9 Å². The third kappa shape index (κ3) is 2.80. The molecule has 0 bridgehead atoms. The van der Waals surface area contributed by atoms with Crippen molar-refractivity contribution in [2.24, 2.45) is 4.99 Å². The molecule has 1 aliphatic heterocycles. The quantitative estimate of drug-likeness (QED) is 0.582. The molecule has 2 heterocycles. The van der Waals surface area contributed by atoms with Crippen molar-refractivity contribution in [3.63, 3.8) is 0 Å². The van der Waals surface area contributed by atoms with Crippen molar-refractivity contribution in [2.45, 2.75) is 23.4 Å². The fourth-order valence-corrected chi connectivity index (χ4v) is 3.89. The minimum atomic E-state index is -0.564. The molecule has 2 unspecified atom stereocenters. The number of para-hydroxylation sites is 2. The molecule has 120 valence electrons. The number of esters is 1. The Hall–Kier alpha value is -2.60. The summed E-state index contributed by atoms with van der Waals surface area (Å²) in [5.74, 6) is 0.0982. The second-order valence-corrected chi connectivity index (χ2v) is 6.65. The number of nitrogens with zero attached hydrogens (tertiary/aromatic N) is 2. The Kier molecular flexibility index (Phi) is 3.82. The van der Waals surface area contributed by atoms with Crippen LogP contribution in [0.5, 0.6) is 0 Å². The van der Waals surface area contributed by atoms with Gasteiger partial charge in [-0.05, 0) is 17.7 Å². The van der Waals surface area contributed by atoms with Crippen molar-refractivity contribution in [3.05, 3.63) is 60.2 Å². The van der Waals surface area contributed by atoms with Crippen LogP contribution in [-0.2, 0) is 9.53 Å². The number of aliphatic imine (C=N–C) groups is 1. The first-order chi connectivity index (χ1) is 11.7. The van der Waals surface area contributed by atoms with Gasteiger partial charge in [0, 0.05) is 6.92 Å². The Bertz CT molecular complexity index is 887. The SMILES string of the molecule is CC1=NC(C(Sc2nc3ccccc3[nH]2)c2ccccc2)C(=O)O1. The predicted molar refractivity (Wildman–Crippen MR) is 94.1 cm³/mol. The summed E-state index contributed by atoms with van der Waals surface area (Å²) < 4.78 is 5.14. The summed E-state index contributed by atoms with van der Waals surface area (Å²) in [6, 6.07) is 17.2. The Morgan fingerprint density at radius 3 is 2.58 bits per heavy atom. The third-order valence-electron chi connectivity index (χ3n) is 3.83. The lowest BCUT2D eigenvalue weighted by molar-refractivity contribution is -0.135. The van der Waals surface area contributed by atoms with Gasteiger partial charge in [0.2, 0.25) is 0 Å². The van der Waals surface area contributed by atoms with Gasteiger partial charge in [0.1, 0.15) is 0 Å². The van der Waals surface area contributed by atoms with Gasteiger partial charge in [0.25, 0.3) is 0 Å². The molecule has 1 aromatic heterocycles. The first-order valence-electron chi connectivity index (χ1n) is 7.63. The number of ether oxygens (including phenoxy) is 1. The molecule has 2 aromatic carbocycles. The molecule has 5 nitrogen and oxygen atoms in total. The normalized spacial score (nSPS) is 18.5. The predicted octanol–water partition coefficient (Wildman–Crippen LogP) is 3.74. The number of carbonyl (C=O) groups excluding carboxylic acids is 1. The van der Waals surface area contributed by atoms with E-state index < -0.39 is 6.04 Å². The third-order valence-corrected chi connectivity index (χ3v) is 5.03. The molecule has 0 spiro atoms. The summed E-state index contributed by atoms with van der Waals surface area (Å²) >= 11 is 1.50. The lowest BCUT2D eigenvalue weighted by atomic mass is 10.1. The summed E-state index contributed by atoms with van der Waals surface area (Å²) in [4.78, 5) is 24.5. The van der Waals surface area contributed by atoms with Gasteiger partial charge in [-0.15, -0.1) is 0 Å². The largest absolute Gasteiger partial charge is 0.411 e. The number of hydrogen-bond acceptors (Lipinski definition) is 5.